The van der Waals surface area contributed by atoms with E-state index in [1.165, 1.54) is 6.92 Å². The molecule has 526 valence electrons. The molecule has 6 atom stereocenters. The maximum atomic E-state index is 13.4. The molecule has 88 heavy (non-hydrogen) atoms. The van der Waals surface area contributed by atoms with Crippen molar-refractivity contribution >= 4 is 17.9 Å². The van der Waals surface area contributed by atoms with Crippen LogP contribution >= 0.6 is 0 Å². The Kier molecular flexibility index (Phi) is 33.5. The summed E-state index contributed by atoms with van der Waals surface area (Å²) in [7, 11) is 0. The minimum Gasteiger partial charge on any atom is -0.478 e. The summed E-state index contributed by atoms with van der Waals surface area (Å²) in [5, 5.41) is 23.7. The SMILES string of the molecule is C=C(C)C(=O)O.C=C(C)C(=O)OC(C)C(F)(F)C(F)C(F)(F)C(F)(F)C(F)(F)F.C=C(C)C(=O)OC(C)C(F)(F)C(F)C(F)(F)C(F)(F)C(F)(F)F.CC(O)C(F)(F)C(F)C(F)(F)C(F)(F)C(F)(F)F.CCO.FC(F)=C(F)C(F)(F)C(F)(F)C(F)(F)F. The van der Waals surface area contributed by atoms with Gasteiger partial charge in [0.25, 0.3) is 0 Å². The third-order valence-electron chi connectivity index (χ3n) is 8.76. The largest absolute Gasteiger partial charge is 0.478 e. The maximum absolute atomic E-state index is 13.4. The molecular weight excluding hydrogens is 1370 g/mol. The second kappa shape index (κ2) is 31.5. The average molecular weight is 1410 g/mol. The van der Waals surface area contributed by atoms with Gasteiger partial charge in [-0.25, -0.2) is 36.3 Å². The summed E-state index contributed by atoms with van der Waals surface area (Å²) in [5.74, 6) is -79.8. The molecule has 0 saturated heterocycles. The van der Waals surface area contributed by atoms with Gasteiger partial charge in [-0.15, -0.1) is 0 Å². The monoisotopic (exact) mass is 1410 g/mol. The van der Waals surface area contributed by atoms with Crippen molar-refractivity contribution in [3.63, 3.8) is 0 Å². The highest BCUT2D eigenvalue weighted by Gasteiger charge is 2.83. The van der Waals surface area contributed by atoms with Crippen LogP contribution in [-0.2, 0) is 23.9 Å². The standard InChI is InChI=1S/2C11H10F10O2.C7H6F10O.C5F10.C4H6O2.C2H6O/c2*1-4(2)6(22)23-5(3)8(13,14)7(12)9(15,16)10(17,18)11(19,20)21;1-2(18)4(9,10)3(8)5(11,12)6(13,14)7(15,16)17;6-1(2(7)8)3(9,10)4(11,12)5(13,14)15;1-3(2)4(5)6;1-2-3/h2*5,7H,1H2,2-3H3;2-3,18H,1H3;;1H2,2H3,(H,5,6);3H,2H2,1H3. The van der Waals surface area contributed by atoms with Gasteiger partial charge in [-0.3, -0.25) is 0 Å². The molecule has 0 fully saturated rings. The molecule has 0 aromatic carbocycles. The van der Waals surface area contributed by atoms with Crippen LogP contribution in [0.5, 0.6) is 0 Å². The number of rotatable bonds is 19. The van der Waals surface area contributed by atoms with Crippen molar-refractivity contribution in [2.45, 2.75) is 175 Å². The van der Waals surface area contributed by atoms with Crippen LogP contribution in [0, 0.1) is 0 Å². The van der Waals surface area contributed by atoms with E-state index in [2.05, 4.69) is 29.2 Å². The lowest BCUT2D eigenvalue weighted by Gasteiger charge is -2.35. The van der Waals surface area contributed by atoms with Crippen molar-refractivity contribution in [1.82, 2.24) is 0 Å². The number of aliphatic carboxylic acids is 1. The van der Waals surface area contributed by atoms with Crippen LogP contribution < -0.4 is 0 Å². The van der Waals surface area contributed by atoms with Gasteiger partial charge in [-0.05, 0) is 48.5 Å². The summed E-state index contributed by atoms with van der Waals surface area (Å²) in [6.07, 6.45) is -56.7. The van der Waals surface area contributed by atoms with Gasteiger partial charge in [0.05, 0.1) is 0 Å². The Morgan fingerprint density at radius 1 is 0.409 bits per heavy atom. The molecule has 0 aliphatic heterocycles. The van der Waals surface area contributed by atoms with Crippen LogP contribution in [0.25, 0.3) is 0 Å². The predicted molar refractivity (Wildman–Crippen MR) is 211 cm³/mol. The number of hydrogen-bond donors (Lipinski definition) is 3. The Hall–Kier alpha value is -5.51. The van der Waals surface area contributed by atoms with E-state index in [9.17, 15) is 190 Å². The van der Waals surface area contributed by atoms with E-state index in [-0.39, 0.29) is 33.0 Å². The Bertz CT molecular complexity index is 2210. The number of ether oxygens (including phenoxy) is 2. The van der Waals surface area contributed by atoms with Crippen LogP contribution in [0.15, 0.2) is 48.4 Å². The van der Waals surface area contributed by atoms with Crippen LogP contribution in [0.3, 0.4) is 0 Å². The predicted octanol–water partition coefficient (Wildman–Crippen LogP) is 16.3. The van der Waals surface area contributed by atoms with Gasteiger partial charge >= 0.3 is 114 Å². The number of carboxylic acid groups (broad SMARTS) is 1. The van der Waals surface area contributed by atoms with Crippen LogP contribution in [0.1, 0.15) is 48.5 Å². The molecule has 0 heterocycles. The van der Waals surface area contributed by atoms with Crippen molar-refractivity contribution < 1.29 is 215 Å². The summed E-state index contributed by atoms with van der Waals surface area (Å²) in [4.78, 5) is 31.5. The number of esters is 2. The zero-order valence-corrected chi connectivity index (χ0v) is 43.3. The van der Waals surface area contributed by atoms with Crippen LogP contribution in [-0.4, -0.2) is 167 Å². The van der Waals surface area contributed by atoms with Crippen LogP contribution in [0.4, 0.5) is 176 Å². The summed E-state index contributed by atoms with van der Waals surface area (Å²) in [6.45, 7) is 14.6. The Balaban J connectivity index is -0.000000245. The zero-order chi connectivity index (χ0) is 73.7. The molecule has 0 radical (unpaired) electrons. The maximum Gasteiger partial charge on any atom is 0.460 e. The van der Waals surface area contributed by atoms with E-state index in [0.29, 0.717) is 0 Å². The van der Waals surface area contributed by atoms with E-state index in [1.807, 2.05) is 0 Å². The molecule has 0 aromatic heterocycles. The Morgan fingerprint density at radius 2 is 0.591 bits per heavy atom. The number of aliphatic hydroxyl groups is 2. The minimum absolute atomic E-state index is 0.0639. The highest BCUT2D eigenvalue weighted by molar-refractivity contribution is 5.87. The molecule has 0 aromatic rings. The fraction of sp³-hybridized carbons (Fsp3) is 0.725. The molecule has 0 saturated carbocycles. The van der Waals surface area contributed by atoms with Gasteiger partial charge in [0.1, 0.15) is 6.10 Å². The summed E-state index contributed by atoms with van der Waals surface area (Å²) in [6, 6.07) is 0. The molecule has 0 amide bonds. The lowest BCUT2D eigenvalue weighted by molar-refractivity contribution is -0.381. The number of alkyl halides is 37. The number of allylic oxidation sites excluding steroid dienone is 1. The Morgan fingerprint density at radius 3 is 0.727 bits per heavy atom. The summed E-state index contributed by atoms with van der Waals surface area (Å²) < 4.78 is 498. The molecule has 6 unspecified atom stereocenters. The third kappa shape index (κ3) is 22.5. The summed E-state index contributed by atoms with van der Waals surface area (Å²) >= 11 is 0. The first kappa shape index (κ1) is 93.6. The first-order valence-electron chi connectivity index (χ1n) is 20.8. The first-order chi connectivity index (χ1) is 37.8. The lowest BCUT2D eigenvalue weighted by atomic mass is 9.97. The van der Waals surface area contributed by atoms with E-state index >= 15 is 0 Å². The fourth-order valence-electron chi connectivity index (χ4n) is 3.51. The number of carbonyl (C=O) groups excluding carboxylic acids is 2. The third-order valence-corrected chi connectivity index (χ3v) is 8.76. The molecule has 0 spiro atoms. The van der Waals surface area contributed by atoms with Crippen molar-refractivity contribution in [3.05, 3.63) is 48.4 Å². The number of carboxylic acids is 1. The number of hydrogen-bond acceptors (Lipinski definition) is 7. The molecule has 0 aliphatic rings. The van der Waals surface area contributed by atoms with E-state index in [0.717, 1.165) is 13.8 Å². The molecule has 3 N–H and O–H groups in total. The summed E-state index contributed by atoms with van der Waals surface area (Å²) in [5.41, 5.74) is -0.860. The molecular formula is C40H38F40O8. The normalized spacial score (nSPS) is 15.6. The van der Waals surface area contributed by atoms with Gasteiger partial charge in [0, 0.05) is 23.3 Å². The molecule has 48 heteroatoms. The molecule has 0 aliphatic carbocycles. The highest BCUT2D eigenvalue weighted by Crippen LogP contribution is 2.56. The van der Waals surface area contributed by atoms with Gasteiger partial charge in [-0.1, -0.05) is 19.7 Å². The van der Waals surface area contributed by atoms with Gasteiger partial charge < -0.3 is 24.8 Å². The van der Waals surface area contributed by atoms with Crippen molar-refractivity contribution in [2.24, 2.45) is 0 Å². The zero-order valence-electron chi connectivity index (χ0n) is 43.3. The molecule has 0 rings (SSSR count). The second-order valence-electron chi connectivity index (χ2n) is 16.2. The van der Waals surface area contributed by atoms with Gasteiger partial charge in [0.15, 0.2) is 12.2 Å². The van der Waals surface area contributed by atoms with Crippen LogP contribution in [0.2, 0.25) is 0 Å². The van der Waals surface area contributed by atoms with E-state index < -0.39 is 168 Å². The lowest BCUT2D eigenvalue weighted by Crippen LogP contribution is -2.63. The number of halogens is 40. The topological polar surface area (TPSA) is 130 Å². The first-order valence-corrected chi connectivity index (χ1v) is 20.8. The van der Waals surface area contributed by atoms with E-state index in [4.69, 9.17) is 15.3 Å². The fourth-order valence-corrected chi connectivity index (χ4v) is 3.51. The van der Waals surface area contributed by atoms with Crippen molar-refractivity contribution in [1.29, 1.82) is 0 Å². The quantitative estimate of drug-likeness (QED) is 0.0662. The van der Waals surface area contributed by atoms with Crippen molar-refractivity contribution in [3.8, 4) is 0 Å². The smallest absolute Gasteiger partial charge is 0.460 e. The average Bonchev–Trinajstić information content (AvgIpc) is 3.31. The molecule has 0 bridgehead atoms. The van der Waals surface area contributed by atoms with Crippen molar-refractivity contribution in [2.75, 3.05) is 6.61 Å². The van der Waals surface area contributed by atoms with Gasteiger partial charge in [0.2, 0.25) is 24.3 Å². The van der Waals surface area contributed by atoms with E-state index in [1.54, 1.807) is 6.92 Å². The second-order valence-corrected chi connectivity index (χ2v) is 16.2. The minimum atomic E-state index is -7.07. The number of aliphatic hydroxyl groups excluding tert-OH is 2. The number of carbonyl (C=O) groups is 3. The van der Waals surface area contributed by atoms with Gasteiger partial charge in [-0.2, -0.15) is 154 Å². The molecule has 8 nitrogen and oxygen atoms in total. The highest BCUT2D eigenvalue weighted by atomic mass is 19.5. The Labute approximate surface area is 463 Å².